The second-order valence-corrected chi connectivity index (χ2v) is 1.77. The van der Waals surface area contributed by atoms with Gasteiger partial charge in [-0.3, -0.25) is 0 Å². The van der Waals surface area contributed by atoms with Crippen LogP contribution in [0.3, 0.4) is 0 Å². The van der Waals surface area contributed by atoms with Gasteiger partial charge < -0.3 is 20.5 Å². The maximum absolute atomic E-state index is 9.77. The van der Waals surface area contributed by atoms with Crippen molar-refractivity contribution < 1.29 is 9.53 Å². The van der Waals surface area contributed by atoms with Crippen LogP contribution in [0.25, 0.3) is 0 Å². The van der Waals surface area contributed by atoms with Gasteiger partial charge >= 0.3 is 0 Å². The Morgan fingerprint density at radius 2 is 2.40 bits per heavy atom. The Hall–Kier alpha value is -0.385. The molecule has 0 heterocycles. The average Bonchev–Trinajstić information content (AvgIpc) is 1.97. The Balaban J connectivity index is 2.70. The lowest BCUT2D eigenvalue weighted by Gasteiger charge is -2.00. The van der Waals surface area contributed by atoms with Gasteiger partial charge in [0.15, 0.2) is 0 Å². The molecular formula is C5H13BN2O2. The zero-order chi connectivity index (χ0) is 7.66. The van der Waals surface area contributed by atoms with Gasteiger partial charge in [-0.15, -0.1) is 0 Å². The van der Waals surface area contributed by atoms with Crippen molar-refractivity contribution in [2.24, 2.45) is 5.73 Å². The molecule has 0 spiro atoms. The van der Waals surface area contributed by atoms with E-state index in [1.165, 1.54) is 0 Å². The molecule has 0 amide bonds. The first-order chi connectivity index (χ1) is 4.91. The first kappa shape index (κ1) is 9.61. The highest BCUT2D eigenvalue weighted by Gasteiger charge is 1.86. The molecule has 0 bridgehead atoms. The molecule has 0 unspecified atom stereocenters. The van der Waals surface area contributed by atoms with Crippen molar-refractivity contribution >= 4 is 13.6 Å². The number of hydrogen-bond donors (Lipinski definition) is 2. The number of rotatable bonds is 7. The number of hydrogen-bond acceptors (Lipinski definition) is 4. The van der Waals surface area contributed by atoms with E-state index in [0.717, 1.165) is 6.19 Å². The quantitative estimate of drug-likeness (QED) is 0.248. The molecule has 0 aliphatic rings. The monoisotopic (exact) mass is 144 g/mol. The summed E-state index contributed by atoms with van der Waals surface area (Å²) in [5.74, 6) is 0. The van der Waals surface area contributed by atoms with Crippen LogP contribution in [-0.4, -0.2) is 39.9 Å². The molecule has 3 N–H and O–H groups in total. The molecule has 0 saturated heterocycles. The van der Waals surface area contributed by atoms with Gasteiger partial charge in [-0.25, -0.2) is 0 Å². The van der Waals surface area contributed by atoms with Crippen LogP contribution >= 0.6 is 0 Å². The van der Waals surface area contributed by atoms with E-state index >= 15 is 0 Å². The molecule has 0 aromatic rings. The lowest BCUT2D eigenvalue weighted by Crippen LogP contribution is -2.25. The summed E-state index contributed by atoms with van der Waals surface area (Å²) in [6, 6.07) is 0. The standard InChI is InChI=1S/C5H13BN2O2/c7-1-3-10-4-2-8-6-5-9/h5-6,8H,1-4,7H2. The fraction of sp³-hybridized carbons (Fsp3) is 0.800. The number of nitrogens with one attached hydrogen (secondary N) is 1. The molecule has 0 saturated carbocycles. The van der Waals surface area contributed by atoms with Crippen LogP contribution < -0.4 is 11.0 Å². The van der Waals surface area contributed by atoms with Gasteiger partial charge in [-0.1, -0.05) is 0 Å². The van der Waals surface area contributed by atoms with Crippen molar-refractivity contribution in [2.75, 3.05) is 26.3 Å². The molecule has 0 fully saturated rings. The molecule has 0 aliphatic carbocycles. The number of ether oxygens (including phenoxy) is 1. The van der Waals surface area contributed by atoms with Gasteiger partial charge in [0, 0.05) is 13.1 Å². The molecule has 0 rings (SSSR count). The van der Waals surface area contributed by atoms with Crippen LogP contribution in [-0.2, 0) is 9.53 Å². The van der Waals surface area contributed by atoms with Gasteiger partial charge in [-0.2, -0.15) is 0 Å². The Morgan fingerprint density at radius 3 is 3.00 bits per heavy atom. The SMILES string of the molecule is NCCOCCNBC=O. The van der Waals surface area contributed by atoms with E-state index in [1.807, 2.05) is 0 Å². The second-order valence-electron chi connectivity index (χ2n) is 1.77. The molecule has 58 valence electrons. The third kappa shape index (κ3) is 7.61. The average molecular weight is 144 g/mol. The summed E-state index contributed by atoms with van der Waals surface area (Å²) >= 11 is 0. The van der Waals surface area contributed by atoms with Crippen molar-refractivity contribution in [3.8, 4) is 0 Å². The lowest BCUT2D eigenvalue weighted by atomic mass is 9.99. The molecular weight excluding hydrogens is 131 g/mol. The molecule has 0 atom stereocenters. The third-order valence-corrected chi connectivity index (χ3v) is 0.913. The minimum atomic E-state index is 0.395. The van der Waals surface area contributed by atoms with Crippen LogP contribution in [0.15, 0.2) is 0 Å². The van der Waals surface area contributed by atoms with Crippen molar-refractivity contribution in [3.63, 3.8) is 0 Å². The zero-order valence-corrected chi connectivity index (χ0v) is 6.01. The molecule has 5 heteroatoms. The van der Waals surface area contributed by atoms with Gasteiger partial charge in [0.25, 0.3) is 7.41 Å². The van der Waals surface area contributed by atoms with Crippen LogP contribution in [0.2, 0.25) is 0 Å². The van der Waals surface area contributed by atoms with E-state index in [-0.39, 0.29) is 0 Å². The van der Waals surface area contributed by atoms with Gasteiger partial charge in [-0.05, 0) is 0 Å². The highest BCUT2D eigenvalue weighted by atomic mass is 16.5. The van der Waals surface area contributed by atoms with E-state index < -0.39 is 0 Å². The second kappa shape index (κ2) is 8.61. The minimum Gasteiger partial charge on any atom is -0.379 e. The summed E-state index contributed by atoms with van der Waals surface area (Å²) in [7, 11) is 0.395. The smallest absolute Gasteiger partial charge is 0.278 e. The lowest BCUT2D eigenvalue weighted by molar-refractivity contribution is 0.147. The Bertz CT molecular complexity index is 82.0. The summed E-state index contributed by atoms with van der Waals surface area (Å²) in [6.07, 6.45) is 0.822. The van der Waals surface area contributed by atoms with E-state index in [4.69, 9.17) is 10.5 Å². The Kier molecular flexibility index (Phi) is 8.28. The molecule has 0 aromatic heterocycles. The maximum atomic E-state index is 9.77. The Labute approximate surface area is 61.4 Å². The van der Waals surface area contributed by atoms with E-state index in [2.05, 4.69) is 5.23 Å². The van der Waals surface area contributed by atoms with Crippen molar-refractivity contribution in [2.45, 2.75) is 0 Å². The topological polar surface area (TPSA) is 64.3 Å². The van der Waals surface area contributed by atoms with Gasteiger partial charge in [0.1, 0.15) is 0 Å². The Morgan fingerprint density at radius 1 is 1.60 bits per heavy atom. The predicted molar refractivity (Wildman–Crippen MR) is 41.8 cm³/mol. The predicted octanol–water partition coefficient (Wildman–Crippen LogP) is -1.91. The van der Waals surface area contributed by atoms with E-state index in [9.17, 15) is 4.79 Å². The molecule has 0 radical (unpaired) electrons. The van der Waals surface area contributed by atoms with Crippen LogP contribution in [0.4, 0.5) is 0 Å². The maximum Gasteiger partial charge on any atom is 0.278 e. The number of carbonyl (C=O) groups excluding carboxylic acids is 1. The highest BCUT2D eigenvalue weighted by Crippen LogP contribution is 1.68. The zero-order valence-electron chi connectivity index (χ0n) is 6.01. The van der Waals surface area contributed by atoms with Gasteiger partial charge in [0.05, 0.1) is 19.4 Å². The summed E-state index contributed by atoms with van der Waals surface area (Å²) in [5, 5.41) is 2.86. The van der Waals surface area contributed by atoms with Gasteiger partial charge in [0.2, 0.25) is 0 Å². The fourth-order valence-corrected chi connectivity index (χ4v) is 0.491. The summed E-state index contributed by atoms with van der Waals surface area (Å²) in [5.41, 5.74) is 5.17. The van der Waals surface area contributed by atoms with Crippen molar-refractivity contribution in [1.29, 1.82) is 0 Å². The fourth-order valence-electron chi connectivity index (χ4n) is 0.491. The molecule has 10 heavy (non-hydrogen) atoms. The van der Waals surface area contributed by atoms with Crippen LogP contribution in [0, 0.1) is 0 Å². The summed E-state index contributed by atoms with van der Waals surface area (Å²) in [6.45, 7) is 2.46. The normalized spacial score (nSPS) is 9.30. The largest absolute Gasteiger partial charge is 0.379 e. The first-order valence-corrected chi connectivity index (χ1v) is 3.34. The highest BCUT2D eigenvalue weighted by molar-refractivity contribution is 6.64. The van der Waals surface area contributed by atoms with Crippen molar-refractivity contribution in [1.82, 2.24) is 5.23 Å². The third-order valence-electron chi connectivity index (χ3n) is 0.913. The van der Waals surface area contributed by atoms with E-state index in [0.29, 0.717) is 33.7 Å². The molecule has 0 aromatic carbocycles. The van der Waals surface area contributed by atoms with Crippen LogP contribution in [0.1, 0.15) is 0 Å². The van der Waals surface area contributed by atoms with E-state index in [1.54, 1.807) is 0 Å². The molecule has 0 aliphatic heterocycles. The molecule has 4 nitrogen and oxygen atoms in total. The summed E-state index contributed by atoms with van der Waals surface area (Å²) < 4.78 is 5.03. The number of nitrogens with two attached hydrogens (primary N) is 1. The number of carbonyl (C=O) groups is 1. The minimum absolute atomic E-state index is 0.395. The van der Waals surface area contributed by atoms with Crippen LogP contribution in [0.5, 0.6) is 0 Å². The summed E-state index contributed by atoms with van der Waals surface area (Å²) in [4.78, 5) is 9.77. The van der Waals surface area contributed by atoms with Crippen molar-refractivity contribution in [3.05, 3.63) is 0 Å². The first-order valence-electron chi connectivity index (χ1n) is 3.34.